The van der Waals surface area contributed by atoms with Gasteiger partial charge >= 0.3 is 0 Å². The molecule has 16 heavy (non-hydrogen) atoms. The van der Waals surface area contributed by atoms with Crippen molar-refractivity contribution in [3.8, 4) is 0 Å². The lowest BCUT2D eigenvalue weighted by atomic mass is 9.89. The van der Waals surface area contributed by atoms with E-state index in [1.165, 1.54) is 11.1 Å². The Morgan fingerprint density at radius 1 is 1.25 bits per heavy atom. The summed E-state index contributed by atoms with van der Waals surface area (Å²) in [4.78, 5) is 0. The van der Waals surface area contributed by atoms with E-state index in [2.05, 4.69) is 50.4 Å². The van der Waals surface area contributed by atoms with Crippen LogP contribution >= 0.6 is 0 Å². The largest absolute Gasteiger partial charge is 0.330 e. The van der Waals surface area contributed by atoms with Gasteiger partial charge in [-0.2, -0.15) is 0 Å². The van der Waals surface area contributed by atoms with Crippen molar-refractivity contribution < 1.29 is 0 Å². The minimum absolute atomic E-state index is 0.289. The maximum atomic E-state index is 5.59. The van der Waals surface area contributed by atoms with Crippen molar-refractivity contribution in [2.24, 2.45) is 11.1 Å². The molecule has 0 amide bonds. The summed E-state index contributed by atoms with van der Waals surface area (Å²) in [7, 11) is 0. The third kappa shape index (κ3) is 4.33. The highest BCUT2D eigenvalue weighted by atomic mass is 14.9. The minimum Gasteiger partial charge on any atom is -0.330 e. The Labute approximate surface area is 99.2 Å². The molecule has 0 atom stereocenters. The number of nitrogens with two attached hydrogens (primary N) is 1. The Hall–Kier alpha value is -0.860. The van der Waals surface area contributed by atoms with E-state index >= 15 is 0 Å². The molecule has 0 aromatic heterocycles. The molecule has 3 N–H and O–H groups in total. The molecule has 0 unspecified atom stereocenters. The summed E-state index contributed by atoms with van der Waals surface area (Å²) in [5.41, 5.74) is 8.62. The van der Waals surface area contributed by atoms with Crippen molar-refractivity contribution in [3.63, 3.8) is 0 Å². The maximum Gasteiger partial charge on any atom is 0.0208 e. The lowest BCUT2D eigenvalue weighted by Crippen LogP contribution is -2.31. The van der Waals surface area contributed by atoms with E-state index in [4.69, 9.17) is 5.73 Å². The first-order valence-electron chi connectivity index (χ1n) is 6.00. The van der Waals surface area contributed by atoms with Crippen LogP contribution in [0.2, 0.25) is 0 Å². The van der Waals surface area contributed by atoms with Crippen LogP contribution in [0.25, 0.3) is 0 Å². The molecule has 0 radical (unpaired) electrons. The van der Waals surface area contributed by atoms with Gasteiger partial charge in [0, 0.05) is 13.1 Å². The molecule has 0 bridgehead atoms. The maximum absolute atomic E-state index is 5.59. The van der Waals surface area contributed by atoms with Gasteiger partial charge in [0.05, 0.1) is 0 Å². The average Bonchev–Trinajstić information content (AvgIpc) is 2.20. The van der Waals surface area contributed by atoms with Gasteiger partial charge in [0.1, 0.15) is 0 Å². The van der Waals surface area contributed by atoms with Crippen LogP contribution in [0.3, 0.4) is 0 Å². The van der Waals surface area contributed by atoms with Gasteiger partial charge in [-0.15, -0.1) is 0 Å². The van der Waals surface area contributed by atoms with E-state index in [1.807, 2.05) is 0 Å². The summed E-state index contributed by atoms with van der Waals surface area (Å²) in [5.74, 6) is 0. The highest BCUT2D eigenvalue weighted by molar-refractivity contribution is 5.25. The van der Waals surface area contributed by atoms with Crippen LogP contribution in [0.1, 0.15) is 31.4 Å². The van der Waals surface area contributed by atoms with Gasteiger partial charge in [0.25, 0.3) is 0 Å². The standard InChI is InChI=1S/C14H24N2/c1-12-6-4-5-7-13(12)10-16-11-14(2,3)8-9-15/h4-7,16H,8-11,15H2,1-3H3. The Balaban J connectivity index is 2.39. The number of hydrogen-bond acceptors (Lipinski definition) is 2. The third-order valence-corrected chi connectivity index (χ3v) is 3.00. The fourth-order valence-electron chi connectivity index (χ4n) is 1.82. The van der Waals surface area contributed by atoms with Crippen molar-refractivity contribution in [1.29, 1.82) is 0 Å². The summed E-state index contributed by atoms with van der Waals surface area (Å²) in [5, 5.41) is 3.51. The number of nitrogens with one attached hydrogen (secondary N) is 1. The first-order chi connectivity index (χ1) is 7.55. The second-order valence-corrected chi connectivity index (χ2v) is 5.23. The predicted octanol–water partition coefficient (Wildman–Crippen LogP) is 2.46. The molecule has 2 heteroatoms. The summed E-state index contributed by atoms with van der Waals surface area (Å²) in [6.45, 7) is 9.38. The van der Waals surface area contributed by atoms with Crippen molar-refractivity contribution in [2.45, 2.75) is 33.7 Å². The molecule has 0 aliphatic heterocycles. The molecule has 1 aromatic rings. The normalized spacial score (nSPS) is 11.8. The summed E-state index contributed by atoms with van der Waals surface area (Å²) < 4.78 is 0. The van der Waals surface area contributed by atoms with Crippen molar-refractivity contribution >= 4 is 0 Å². The molecule has 0 saturated heterocycles. The molecule has 1 aromatic carbocycles. The first-order valence-corrected chi connectivity index (χ1v) is 6.00. The number of rotatable bonds is 6. The smallest absolute Gasteiger partial charge is 0.0208 e. The van der Waals surface area contributed by atoms with Gasteiger partial charge in [0.2, 0.25) is 0 Å². The summed E-state index contributed by atoms with van der Waals surface area (Å²) >= 11 is 0. The molecule has 0 aliphatic rings. The van der Waals surface area contributed by atoms with E-state index in [0.29, 0.717) is 0 Å². The Morgan fingerprint density at radius 3 is 2.56 bits per heavy atom. The third-order valence-electron chi connectivity index (χ3n) is 3.00. The zero-order valence-electron chi connectivity index (χ0n) is 10.7. The second-order valence-electron chi connectivity index (χ2n) is 5.23. The fraction of sp³-hybridized carbons (Fsp3) is 0.571. The van der Waals surface area contributed by atoms with Crippen LogP contribution in [-0.4, -0.2) is 13.1 Å². The first kappa shape index (κ1) is 13.2. The van der Waals surface area contributed by atoms with Crippen LogP contribution in [0, 0.1) is 12.3 Å². The van der Waals surface area contributed by atoms with E-state index in [9.17, 15) is 0 Å². The highest BCUT2D eigenvalue weighted by Crippen LogP contribution is 2.18. The molecule has 90 valence electrons. The van der Waals surface area contributed by atoms with Gasteiger partial charge in [-0.1, -0.05) is 38.1 Å². The Morgan fingerprint density at radius 2 is 1.94 bits per heavy atom. The molecule has 0 fully saturated rings. The zero-order chi connectivity index (χ0) is 12.0. The molecule has 1 rings (SSSR count). The average molecular weight is 220 g/mol. The molecule has 0 heterocycles. The highest BCUT2D eigenvalue weighted by Gasteiger charge is 2.15. The van der Waals surface area contributed by atoms with Crippen LogP contribution < -0.4 is 11.1 Å². The molecule has 2 nitrogen and oxygen atoms in total. The SMILES string of the molecule is Cc1ccccc1CNCC(C)(C)CCN. The van der Waals surface area contributed by atoms with Crippen molar-refractivity contribution in [1.82, 2.24) is 5.32 Å². The summed E-state index contributed by atoms with van der Waals surface area (Å²) in [6, 6.07) is 8.51. The zero-order valence-corrected chi connectivity index (χ0v) is 10.7. The van der Waals surface area contributed by atoms with E-state index in [-0.39, 0.29) is 5.41 Å². The van der Waals surface area contributed by atoms with Gasteiger partial charge in [-0.05, 0) is 36.4 Å². The van der Waals surface area contributed by atoms with Crippen LogP contribution in [0.4, 0.5) is 0 Å². The quantitative estimate of drug-likeness (QED) is 0.773. The van der Waals surface area contributed by atoms with E-state index in [0.717, 1.165) is 26.1 Å². The van der Waals surface area contributed by atoms with Gasteiger partial charge in [-0.25, -0.2) is 0 Å². The summed E-state index contributed by atoms with van der Waals surface area (Å²) in [6.07, 6.45) is 1.06. The van der Waals surface area contributed by atoms with Crippen molar-refractivity contribution in [3.05, 3.63) is 35.4 Å². The Kier molecular flexibility index (Phi) is 4.97. The Bertz CT molecular complexity index is 318. The minimum atomic E-state index is 0.289. The van der Waals surface area contributed by atoms with Gasteiger partial charge < -0.3 is 11.1 Å². The lowest BCUT2D eigenvalue weighted by molar-refractivity contribution is 0.319. The fourth-order valence-corrected chi connectivity index (χ4v) is 1.82. The van der Waals surface area contributed by atoms with Crippen molar-refractivity contribution in [2.75, 3.05) is 13.1 Å². The molecular weight excluding hydrogens is 196 g/mol. The van der Waals surface area contributed by atoms with Gasteiger partial charge in [0.15, 0.2) is 0 Å². The van der Waals surface area contributed by atoms with Crippen LogP contribution in [0.5, 0.6) is 0 Å². The van der Waals surface area contributed by atoms with Gasteiger partial charge in [-0.3, -0.25) is 0 Å². The topological polar surface area (TPSA) is 38.0 Å². The molecule has 0 spiro atoms. The van der Waals surface area contributed by atoms with Crippen LogP contribution in [0.15, 0.2) is 24.3 Å². The second kappa shape index (κ2) is 6.02. The number of benzene rings is 1. The predicted molar refractivity (Wildman–Crippen MR) is 70.3 cm³/mol. The van der Waals surface area contributed by atoms with Crippen LogP contribution in [-0.2, 0) is 6.54 Å². The number of hydrogen-bond donors (Lipinski definition) is 2. The number of aryl methyl sites for hydroxylation is 1. The molecule has 0 saturated carbocycles. The molecular formula is C14H24N2. The van der Waals surface area contributed by atoms with E-state index in [1.54, 1.807) is 0 Å². The monoisotopic (exact) mass is 220 g/mol. The lowest BCUT2D eigenvalue weighted by Gasteiger charge is -2.24. The van der Waals surface area contributed by atoms with E-state index < -0.39 is 0 Å². The molecule has 0 aliphatic carbocycles.